The van der Waals surface area contributed by atoms with Crippen molar-refractivity contribution in [1.29, 1.82) is 0 Å². The molecule has 0 atom stereocenters. The molecule has 2 aromatic rings. The van der Waals surface area contributed by atoms with Gasteiger partial charge in [-0.15, -0.1) is 0 Å². The summed E-state index contributed by atoms with van der Waals surface area (Å²) in [7, 11) is 0. The van der Waals surface area contributed by atoms with E-state index >= 15 is 0 Å². The molecule has 20 heavy (non-hydrogen) atoms. The Morgan fingerprint density at radius 1 is 0.900 bits per heavy atom. The Labute approximate surface area is 119 Å². The van der Waals surface area contributed by atoms with Gasteiger partial charge in [-0.2, -0.15) is 0 Å². The zero-order chi connectivity index (χ0) is 14.4. The van der Waals surface area contributed by atoms with Crippen molar-refractivity contribution in [2.75, 3.05) is 10.6 Å². The van der Waals surface area contributed by atoms with E-state index in [9.17, 15) is 4.79 Å². The summed E-state index contributed by atoms with van der Waals surface area (Å²) in [5, 5.41) is 6.10. The number of anilines is 3. The Morgan fingerprint density at radius 3 is 1.95 bits per heavy atom. The lowest BCUT2D eigenvalue weighted by atomic mass is 10.2. The minimum Gasteiger partial charge on any atom is -0.356 e. The molecule has 0 aromatic heterocycles. The fraction of sp³-hybridized carbons (Fsp3) is 0.118. The maximum absolute atomic E-state index is 11.4. The second kappa shape index (κ2) is 6.57. The molecule has 0 saturated carbocycles. The largest absolute Gasteiger partial charge is 0.356 e. The average molecular weight is 266 g/mol. The Balaban J connectivity index is 2.01. The molecule has 2 rings (SSSR count). The molecular weight excluding hydrogens is 248 g/mol. The Kier molecular flexibility index (Phi) is 4.56. The minimum absolute atomic E-state index is 0.119. The van der Waals surface area contributed by atoms with Crippen molar-refractivity contribution in [2.45, 2.75) is 13.8 Å². The SMILES string of the molecule is C/C=C/C(=O)Nc1ccc(Nc2ccc(C)cc2)cc1. The quantitative estimate of drug-likeness (QED) is 0.812. The van der Waals surface area contributed by atoms with E-state index in [4.69, 9.17) is 0 Å². The van der Waals surface area contributed by atoms with Gasteiger partial charge in [-0.1, -0.05) is 23.8 Å². The molecule has 2 aromatic carbocycles. The normalized spacial score (nSPS) is 10.5. The average Bonchev–Trinajstić information content (AvgIpc) is 2.44. The van der Waals surface area contributed by atoms with Gasteiger partial charge in [0, 0.05) is 17.1 Å². The standard InChI is InChI=1S/C17H18N2O/c1-3-4-17(20)19-16-11-9-15(10-12-16)18-14-7-5-13(2)6-8-14/h3-12,18H,1-2H3,(H,19,20)/b4-3+. The number of hydrogen-bond donors (Lipinski definition) is 2. The number of allylic oxidation sites excluding steroid dienone is 1. The van der Waals surface area contributed by atoms with Crippen molar-refractivity contribution in [2.24, 2.45) is 0 Å². The van der Waals surface area contributed by atoms with Gasteiger partial charge in [-0.05, 0) is 56.3 Å². The van der Waals surface area contributed by atoms with E-state index in [0.29, 0.717) is 0 Å². The van der Waals surface area contributed by atoms with Crippen LogP contribution in [-0.4, -0.2) is 5.91 Å². The van der Waals surface area contributed by atoms with Gasteiger partial charge in [0.1, 0.15) is 0 Å². The Hall–Kier alpha value is -2.55. The summed E-state index contributed by atoms with van der Waals surface area (Å²) in [4.78, 5) is 11.4. The molecule has 1 amide bonds. The van der Waals surface area contributed by atoms with Crippen LogP contribution >= 0.6 is 0 Å². The molecule has 0 unspecified atom stereocenters. The van der Waals surface area contributed by atoms with E-state index in [1.807, 2.05) is 43.3 Å². The number of carbonyl (C=O) groups excluding carboxylic acids is 1. The summed E-state index contributed by atoms with van der Waals surface area (Å²) in [5.74, 6) is -0.119. The lowest BCUT2D eigenvalue weighted by Gasteiger charge is -2.08. The summed E-state index contributed by atoms with van der Waals surface area (Å²) >= 11 is 0. The predicted molar refractivity (Wildman–Crippen MR) is 84.3 cm³/mol. The summed E-state index contributed by atoms with van der Waals surface area (Å²) in [6.07, 6.45) is 3.21. The molecule has 0 aliphatic rings. The highest BCUT2D eigenvalue weighted by Gasteiger charge is 1.98. The lowest BCUT2D eigenvalue weighted by Crippen LogP contribution is -2.07. The van der Waals surface area contributed by atoms with Gasteiger partial charge in [0.25, 0.3) is 0 Å². The summed E-state index contributed by atoms with van der Waals surface area (Å²) < 4.78 is 0. The van der Waals surface area contributed by atoms with Gasteiger partial charge in [-0.25, -0.2) is 0 Å². The van der Waals surface area contributed by atoms with E-state index in [2.05, 4.69) is 29.7 Å². The summed E-state index contributed by atoms with van der Waals surface area (Å²) in [6, 6.07) is 15.8. The number of aryl methyl sites for hydroxylation is 1. The molecule has 102 valence electrons. The molecule has 2 N–H and O–H groups in total. The first-order valence-corrected chi connectivity index (χ1v) is 6.55. The highest BCUT2D eigenvalue weighted by molar-refractivity contribution is 5.99. The molecule has 0 heterocycles. The molecule has 0 aliphatic heterocycles. The van der Waals surface area contributed by atoms with Gasteiger partial charge in [0.15, 0.2) is 0 Å². The van der Waals surface area contributed by atoms with Crippen LogP contribution in [0.3, 0.4) is 0 Å². The van der Waals surface area contributed by atoms with Gasteiger partial charge in [-0.3, -0.25) is 4.79 Å². The topological polar surface area (TPSA) is 41.1 Å². The lowest BCUT2D eigenvalue weighted by molar-refractivity contribution is -0.111. The van der Waals surface area contributed by atoms with Crippen LogP contribution in [0.25, 0.3) is 0 Å². The Morgan fingerprint density at radius 2 is 1.40 bits per heavy atom. The van der Waals surface area contributed by atoms with Crippen molar-refractivity contribution in [3.05, 3.63) is 66.2 Å². The van der Waals surface area contributed by atoms with Crippen LogP contribution in [0.4, 0.5) is 17.1 Å². The first kappa shape index (κ1) is 13.9. The van der Waals surface area contributed by atoms with Gasteiger partial charge in [0.2, 0.25) is 5.91 Å². The number of rotatable bonds is 4. The van der Waals surface area contributed by atoms with E-state index in [0.717, 1.165) is 17.1 Å². The fourth-order valence-corrected chi connectivity index (χ4v) is 1.78. The molecule has 0 radical (unpaired) electrons. The van der Waals surface area contributed by atoms with Crippen molar-refractivity contribution >= 4 is 23.0 Å². The second-order valence-corrected chi connectivity index (χ2v) is 4.56. The van der Waals surface area contributed by atoms with Gasteiger partial charge in [0.05, 0.1) is 0 Å². The van der Waals surface area contributed by atoms with Crippen LogP contribution in [0.15, 0.2) is 60.7 Å². The Bertz CT molecular complexity index is 598. The second-order valence-electron chi connectivity index (χ2n) is 4.56. The van der Waals surface area contributed by atoms with Crippen LogP contribution < -0.4 is 10.6 Å². The zero-order valence-corrected chi connectivity index (χ0v) is 11.7. The third kappa shape index (κ3) is 3.99. The van der Waals surface area contributed by atoms with Crippen LogP contribution in [0.5, 0.6) is 0 Å². The van der Waals surface area contributed by atoms with E-state index < -0.39 is 0 Å². The van der Waals surface area contributed by atoms with Crippen LogP contribution in [0.2, 0.25) is 0 Å². The highest BCUT2D eigenvalue weighted by atomic mass is 16.1. The smallest absolute Gasteiger partial charge is 0.248 e. The summed E-state index contributed by atoms with van der Waals surface area (Å²) in [5.41, 5.74) is 4.04. The maximum Gasteiger partial charge on any atom is 0.248 e. The molecule has 0 fully saturated rings. The molecule has 0 saturated heterocycles. The van der Waals surface area contributed by atoms with Crippen LogP contribution in [-0.2, 0) is 4.79 Å². The van der Waals surface area contributed by atoms with Crippen LogP contribution in [0.1, 0.15) is 12.5 Å². The fourth-order valence-electron chi connectivity index (χ4n) is 1.78. The van der Waals surface area contributed by atoms with E-state index in [1.54, 1.807) is 6.08 Å². The third-order valence-electron chi connectivity index (χ3n) is 2.81. The highest BCUT2D eigenvalue weighted by Crippen LogP contribution is 2.19. The van der Waals surface area contributed by atoms with E-state index in [1.165, 1.54) is 11.6 Å². The van der Waals surface area contributed by atoms with Gasteiger partial charge >= 0.3 is 0 Å². The number of amides is 1. The molecule has 3 heteroatoms. The molecular formula is C17H18N2O. The predicted octanol–water partition coefficient (Wildman–Crippen LogP) is 4.25. The molecule has 0 bridgehead atoms. The number of nitrogens with one attached hydrogen (secondary N) is 2. The van der Waals surface area contributed by atoms with Gasteiger partial charge < -0.3 is 10.6 Å². The van der Waals surface area contributed by atoms with Crippen LogP contribution in [0, 0.1) is 6.92 Å². The van der Waals surface area contributed by atoms with E-state index in [-0.39, 0.29) is 5.91 Å². The molecule has 0 aliphatic carbocycles. The first-order valence-electron chi connectivity index (χ1n) is 6.55. The maximum atomic E-state index is 11.4. The third-order valence-corrected chi connectivity index (χ3v) is 2.81. The molecule has 3 nitrogen and oxygen atoms in total. The van der Waals surface area contributed by atoms with Crippen molar-refractivity contribution in [3.8, 4) is 0 Å². The number of hydrogen-bond acceptors (Lipinski definition) is 2. The van der Waals surface area contributed by atoms with Crippen molar-refractivity contribution in [1.82, 2.24) is 0 Å². The zero-order valence-electron chi connectivity index (χ0n) is 11.7. The number of carbonyl (C=O) groups is 1. The van der Waals surface area contributed by atoms with Crippen molar-refractivity contribution < 1.29 is 4.79 Å². The monoisotopic (exact) mass is 266 g/mol. The minimum atomic E-state index is -0.119. The molecule has 0 spiro atoms. The number of benzene rings is 2. The van der Waals surface area contributed by atoms with Crippen molar-refractivity contribution in [3.63, 3.8) is 0 Å². The first-order chi connectivity index (χ1) is 9.67. The summed E-state index contributed by atoms with van der Waals surface area (Å²) in [6.45, 7) is 3.88.